The lowest BCUT2D eigenvalue weighted by atomic mass is 10.0. The maximum Gasteiger partial charge on any atom is 0.127 e. The molecule has 1 unspecified atom stereocenters. The van der Waals surface area contributed by atoms with Crippen LogP contribution in [-0.2, 0) is 6.42 Å². The zero-order valence-electron chi connectivity index (χ0n) is 11.3. The van der Waals surface area contributed by atoms with Crippen molar-refractivity contribution < 1.29 is 9.13 Å². The summed E-state index contributed by atoms with van der Waals surface area (Å²) in [7, 11) is 1.61. The van der Waals surface area contributed by atoms with Crippen molar-refractivity contribution in [3.05, 3.63) is 63.9 Å². The molecule has 0 N–H and O–H groups in total. The fourth-order valence-corrected chi connectivity index (χ4v) is 2.59. The predicted octanol–water partition coefficient (Wildman–Crippen LogP) is 5.32. The average Bonchev–Trinajstić information content (AvgIpc) is 2.43. The third-order valence-electron chi connectivity index (χ3n) is 3.24. The highest BCUT2D eigenvalue weighted by molar-refractivity contribution is 6.31. The Labute approximate surface area is 128 Å². The lowest BCUT2D eigenvalue weighted by Crippen LogP contribution is -2.00. The van der Waals surface area contributed by atoms with Crippen LogP contribution in [0.15, 0.2) is 36.4 Å². The van der Waals surface area contributed by atoms with E-state index in [1.165, 1.54) is 6.07 Å². The zero-order valence-corrected chi connectivity index (χ0v) is 12.8. The summed E-state index contributed by atoms with van der Waals surface area (Å²) in [4.78, 5) is 0. The van der Waals surface area contributed by atoms with Crippen LogP contribution in [-0.4, -0.2) is 7.11 Å². The van der Waals surface area contributed by atoms with Crippen LogP contribution in [0.2, 0.25) is 5.02 Å². The molecule has 0 heterocycles. The van der Waals surface area contributed by atoms with Crippen LogP contribution in [0.5, 0.6) is 5.75 Å². The van der Waals surface area contributed by atoms with Crippen molar-refractivity contribution in [2.45, 2.75) is 18.7 Å². The summed E-state index contributed by atoms with van der Waals surface area (Å²) in [5.41, 5.74) is 2.35. The molecule has 1 atom stereocenters. The molecule has 106 valence electrons. The molecule has 0 aromatic heterocycles. The minimum absolute atomic E-state index is 0.331. The van der Waals surface area contributed by atoms with Crippen LogP contribution in [0.3, 0.4) is 0 Å². The van der Waals surface area contributed by atoms with Gasteiger partial charge in [-0.1, -0.05) is 29.8 Å². The Bertz CT molecular complexity index is 593. The molecule has 0 fully saturated rings. The molecule has 0 aliphatic carbocycles. The molecule has 2 aromatic rings. The van der Waals surface area contributed by atoms with Crippen LogP contribution in [0.1, 0.15) is 22.1 Å². The fraction of sp³-hybridized carbons (Fsp3) is 0.250. The summed E-state index contributed by atoms with van der Waals surface area (Å²) < 4.78 is 19.0. The van der Waals surface area contributed by atoms with Gasteiger partial charge in [0.1, 0.15) is 11.6 Å². The van der Waals surface area contributed by atoms with Crippen molar-refractivity contribution in [2.24, 2.45) is 0 Å². The molecule has 20 heavy (non-hydrogen) atoms. The van der Waals surface area contributed by atoms with E-state index < -0.39 is 0 Å². The second-order valence-corrected chi connectivity index (χ2v) is 5.53. The molecular weight excluding hydrogens is 298 g/mol. The predicted molar refractivity (Wildman–Crippen MR) is 81.4 cm³/mol. The zero-order chi connectivity index (χ0) is 14.7. The minimum atomic E-state index is -0.362. The van der Waals surface area contributed by atoms with E-state index in [2.05, 4.69) is 0 Å². The van der Waals surface area contributed by atoms with Crippen LogP contribution >= 0.6 is 23.2 Å². The minimum Gasteiger partial charge on any atom is -0.496 e. The van der Waals surface area contributed by atoms with E-state index in [9.17, 15) is 4.39 Å². The van der Waals surface area contributed by atoms with Crippen molar-refractivity contribution >= 4 is 23.2 Å². The van der Waals surface area contributed by atoms with Gasteiger partial charge in [0.2, 0.25) is 0 Å². The van der Waals surface area contributed by atoms with Gasteiger partial charge in [-0.05, 0) is 42.7 Å². The van der Waals surface area contributed by atoms with Gasteiger partial charge in [-0.3, -0.25) is 0 Å². The summed E-state index contributed by atoms with van der Waals surface area (Å²) in [6.07, 6.45) is 0.333. The third-order valence-corrected chi connectivity index (χ3v) is 4.00. The van der Waals surface area contributed by atoms with E-state index in [0.717, 1.165) is 16.9 Å². The first kappa shape index (κ1) is 15.1. The molecule has 0 bridgehead atoms. The summed E-state index contributed by atoms with van der Waals surface area (Å²) in [5.74, 6) is 0.440. The number of alkyl halides is 1. The van der Waals surface area contributed by atoms with Crippen molar-refractivity contribution in [1.82, 2.24) is 0 Å². The van der Waals surface area contributed by atoms with Crippen molar-refractivity contribution in [2.75, 3.05) is 7.11 Å². The Morgan fingerprint density at radius 2 is 2.00 bits per heavy atom. The Morgan fingerprint density at radius 1 is 1.25 bits per heavy atom. The van der Waals surface area contributed by atoms with Crippen molar-refractivity contribution in [3.8, 4) is 5.75 Å². The number of methoxy groups -OCH3 is 1. The Hall–Kier alpha value is -1.25. The first-order valence-electron chi connectivity index (χ1n) is 6.24. The first-order valence-corrected chi connectivity index (χ1v) is 7.06. The van der Waals surface area contributed by atoms with Crippen LogP contribution in [0, 0.1) is 12.7 Å². The highest BCUT2D eigenvalue weighted by atomic mass is 35.5. The van der Waals surface area contributed by atoms with E-state index >= 15 is 0 Å². The maximum atomic E-state index is 13.8. The van der Waals surface area contributed by atoms with Crippen LogP contribution in [0.4, 0.5) is 4.39 Å². The molecule has 0 saturated carbocycles. The summed E-state index contributed by atoms with van der Waals surface area (Å²) in [6.45, 7) is 1.96. The normalized spacial score (nSPS) is 12.2. The largest absolute Gasteiger partial charge is 0.496 e. The molecule has 0 spiro atoms. The monoisotopic (exact) mass is 312 g/mol. The van der Waals surface area contributed by atoms with Crippen LogP contribution < -0.4 is 4.74 Å². The second kappa shape index (κ2) is 6.47. The lowest BCUT2D eigenvalue weighted by molar-refractivity contribution is 0.411. The number of ether oxygens (including phenoxy) is 1. The van der Waals surface area contributed by atoms with Crippen molar-refractivity contribution in [3.63, 3.8) is 0 Å². The summed E-state index contributed by atoms with van der Waals surface area (Å²) in [6, 6.07) is 10.4. The van der Waals surface area contributed by atoms with Gasteiger partial charge in [0.25, 0.3) is 0 Å². The quantitative estimate of drug-likeness (QED) is 0.694. The Kier molecular flexibility index (Phi) is 4.90. The fourth-order valence-electron chi connectivity index (χ4n) is 2.06. The van der Waals surface area contributed by atoms with Gasteiger partial charge in [-0.2, -0.15) is 0 Å². The molecule has 2 rings (SSSR count). The number of aryl methyl sites for hydroxylation is 1. The van der Waals surface area contributed by atoms with E-state index in [1.54, 1.807) is 19.2 Å². The van der Waals surface area contributed by atoms with Crippen molar-refractivity contribution in [1.29, 1.82) is 0 Å². The molecule has 4 heteroatoms. The first-order chi connectivity index (χ1) is 9.52. The highest BCUT2D eigenvalue weighted by Crippen LogP contribution is 2.32. The highest BCUT2D eigenvalue weighted by Gasteiger charge is 2.15. The lowest BCUT2D eigenvalue weighted by Gasteiger charge is -2.14. The van der Waals surface area contributed by atoms with Gasteiger partial charge < -0.3 is 4.74 Å². The van der Waals surface area contributed by atoms with E-state index in [1.807, 2.05) is 25.1 Å². The maximum absolute atomic E-state index is 13.8. The number of hydrogen-bond acceptors (Lipinski definition) is 1. The standard InChI is InChI=1S/C16H15Cl2FO/c1-10-6-7-11(8-16(10)20-2)14(18)9-12-13(17)4-3-5-15(12)19/h3-8,14H,9H2,1-2H3. The number of benzene rings is 2. The molecule has 1 nitrogen and oxygen atoms in total. The molecule has 0 amide bonds. The average molecular weight is 313 g/mol. The van der Waals surface area contributed by atoms with Gasteiger partial charge in [0.15, 0.2) is 0 Å². The van der Waals surface area contributed by atoms with Gasteiger partial charge in [0.05, 0.1) is 12.5 Å². The molecule has 0 aliphatic heterocycles. The topological polar surface area (TPSA) is 9.23 Å². The van der Waals surface area contributed by atoms with Gasteiger partial charge in [-0.15, -0.1) is 11.6 Å². The van der Waals surface area contributed by atoms with Gasteiger partial charge in [-0.25, -0.2) is 4.39 Å². The van der Waals surface area contributed by atoms with E-state index in [0.29, 0.717) is 17.0 Å². The molecular formula is C16H15Cl2FO. The van der Waals surface area contributed by atoms with Crippen LogP contribution in [0.25, 0.3) is 0 Å². The van der Waals surface area contributed by atoms with E-state index in [4.69, 9.17) is 27.9 Å². The molecule has 0 aliphatic rings. The molecule has 0 saturated heterocycles. The second-order valence-electron chi connectivity index (χ2n) is 4.60. The SMILES string of the molecule is COc1cc(C(Cl)Cc2c(F)cccc2Cl)ccc1C. The number of rotatable bonds is 4. The summed E-state index contributed by atoms with van der Waals surface area (Å²) in [5, 5.41) is 0.0358. The third kappa shape index (κ3) is 3.25. The van der Waals surface area contributed by atoms with Gasteiger partial charge in [0, 0.05) is 10.6 Å². The van der Waals surface area contributed by atoms with Gasteiger partial charge >= 0.3 is 0 Å². The Morgan fingerprint density at radius 3 is 2.65 bits per heavy atom. The Balaban J connectivity index is 2.26. The molecule has 0 radical (unpaired) electrons. The summed E-state index contributed by atoms with van der Waals surface area (Å²) >= 11 is 12.4. The number of hydrogen-bond donors (Lipinski definition) is 0. The number of halogens is 3. The molecule has 2 aromatic carbocycles. The van der Waals surface area contributed by atoms with E-state index in [-0.39, 0.29) is 11.2 Å². The smallest absolute Gasteiger partial charge is 0.127 e.